The first-order chi connectivity index (χ1) is 9.97. The highest BCUT2D eigenvalue weighted by Gasteiger charge is 2.09. The number of halogens is 4. The molecular weight excluding hydrogens is 339 g/mol. The quantitative estimate of drug-likeness (QED) is 0.788. The summed E-state index contributed by atoms with van der Waals surface area (Å²) in [6.07, 6.45) is 0. The molecule has 0 aromatic heterocycles. The maximum Gasteiger partial charge on any atom is 0.234 e. The minimum atomic E-state index is -0.946. The van der Waals surface area contributed by atoms with Crippen molar-refractivity contribution in [1.82, 2.24) is 0 Å². The lowest BCUT2D eigenvalue weighted by Crippen LogP contribution is -2.14. The van der Waals surface area contributed by atoms with Crippen LogP contribution in [0.1, 0.15) is 0 Å². The fourth-order valence-corrected chi connectivity index (χ4v) is 2.57. The van der Waals surface area contributed by atoms with Crippen molar-refractivity contribution in [3.8, 4) is 0 Å². The minimum Gasteiger partial charge on any atom is -0.324 e. The Balaban J connectivity index is 1.96. The lowest BCUT2D eigenvalue weighted by Gasteiger charge is -2.08. The number of carbonyl (C=O) groups is 1. The van der Waals surface area contributed by atoms with Gasteiger partial charge in [-0.15, -0.1) is 11.8 Å². The number of benzene rings is 2. The van der Waals surface area contributed by atoms with Crippen LogP contribution < -0.4 is 5.32 Å². The fourth-order valence-electron chi connectivity index (χ4n) is 1.50. The first-order valence-corrected chi connectivity index (χ1v) is 7.53. The van der Waals surface area contributed by atoms with Crippen molar-refractivity contribution in [3.63, 3.8) is 0 Å². The molecule has 21 heavy (non-hydrogen) atoms. The van der Waals surface area contributed by atoms with Crippen LogP contribution in [0, 0.1) is 11.6 Å². The number of nitrogens with one attached hydrogen (secondary N) is 1. The normalized spacial score (nSPS) is 10.5. The lowest BCUT2D eigenvalue weighted by molar-refractivity contribution is -0.113. The molecule has 0 saturated carbocycles. The maximum absolute atomic E-state index is 13.0. The minimum absolute atomic E-state index is 0.0356. The summed E-state index contributed by atoms with van der Waals surface area (Å²) in [5.41, 5.74) is 0.403. The highest BCUT2D eigenvalue weighted by Crippen LogP contribution is 2.29. The molecule has 1 N–H and O–H groups in total. The van der Waals surface area contributed by atoms with Gasteiger partial charge in [0.1, 0.15) is 0 Å². The summed E-state index contributed by atoms with van der Waals surface area (Å²) in [7, 11) is 0. The summed E-state index contributed by atoms with van der Waals surface area (Å²) in [5.74, 6) is -2.16. The smallest absolute Gasteiger partial charge is 0.234 e. The zero-order valence-electron chi connectivity index (χ0n) is 10.5. The molecule has 2 aromatic rings. The molecule has 2 nitrogen and oxygen atoms in total. The number of hydrogen-bond donors (Lipinski definition) is 1. The van der Waals surface area contributed by atoms with E-state index in [0.717, 1.165) is 23.9 Å². The average Bonchev–Trinajstić information content (AvgIpc) is 2.45. The number of hydrogen-bond acceptors (Lipinski definition) is 2. The van der Waals surface area contributed by atoms with E-state index in [9.17, 15) is 13.6 Å². The van der Waals surface area contributed by atoms with Crippen LogP contribution in [0.25, 0.3) is 0 Å². The molecule has 0 radical (unpaired) electrons. The zero-order chi connectivity index (χ0) is 15.4. The number of anilines is 1. The molecule has 0 aliphatic carbocycles. The van der Waals surface area contributed by atoms with E-state index in [1.807, 2.05) is 0 Å². The summed E-state index contributed by atoms with van der Waals surface area (Å²) < 4.78 is 25.8. The van der Waals surface area contributed by atoms with Crippen LogP contribution in [-0.4, -0.2) is 11.7 Å². The second-order valence-electron chi connectivity index (χ2n) is 4.01. The lowest BCUT2D eigenvalue weighted by atomic mass is 10.3. The molecule has 0 spiro atoms. The van der Waals surface area contributed by atoms with Crippen molar-refractivity contribution < 1.29 is 13.6 Å². The largest absolute Gasteiger partial charge is 0.324 e. The molecule has 0 fully saturated rings. The second kappa shape index (κ2) is 7.11. The predicted molar refractivity (Wildman–Crippen MR) is 82.2 cm³/mol. The molecular formula is C14H9Cl2F2NOS. The van der Waals surface area contributed by atoms with Crippen LogP contribution in [0.2, 0.25) is 10.0 Å². The van der Waals surface area contributed by atoms with Gasteiger partial charge in [0.25, 0.3) is 0 Å². The molecule has 0 aliphatic rings. The van der Waals surface area contributed by atoms with Gasteiger partial charge < -0.3 is 5.32 Å². The topological polar surface area (TPSA) is 29.1 Å². The summed E-state index contributed by atoms with van der Waals surface area (Å²) in [6, 6.07) is 8.35. The highest BCUT2D eigenvalue weighted by atomic mass is 35.5. The average molecular weight is 348 g/mol. The van der Waals surface area contributed by atoms with E-state index in [1.165, 1.54) is 6.07 Å². The SMILES string of the molecule is O=C(CSc1ccc(F)c(F)c1)Nc1cccc(Cl)c1Cl. The van der Waals surface area contributed by atoms with Gasteiger partial charge in [0.2, 0.25) is 5.91 Å². The monoisotopic (exact) mass is 347 g/mol. The zero-order valence-corrected chi connectivity index (χ0v) is 12.8. The third kappa shape index (κ3) is 4.33. The van der Waals surface area contributed by atoms with Gasteiger partial charge in [-0.25, -0.2) is 8.78 Å². The van der Waals surface area contributed by atoms with Crippen LogP contribution in [0.3, 0.4) is 0 Å². The Morgan fingerprint density at radius 1 is 1.14 bits per heavy atom. The molecule has 110 valence electrons. The molecule has 1 amide bonds. The summed E-state index contributed by atoms with van der Waals surface area (Å²) in [4.78, 5) is 12.3. The number of rotatable bonds is 4. The molecule has 0 unspecified atom stereocenters. The Morgan fingerprint density at radius 2 is 1.90 bits per heavy atom. The van der Waals surface area contributed by atoms with Gasteiger partial charge in [-0.2, -0.15) is 0 Å². The van der Waals surface area contributed by atoms with Gasteiger partial charge in [-0.05, 0) is 30.3 Å². The Morgan fingerprint density at radius 3 is 2.62 bits per heavy atom. The third-order valence-corrected chi connectivity index (χ3v) is 4.30. The van der Waals surface area contributed by atoms with E-state index in [1.54, 1.807) is 18.2 Å². The van der Waals surface area contributed by atoms with Gasteiger partial charge in [-0.1, -0.05) is 29.3 Å². The molecule has 0 aliphatic heterocycles. The Hall–Kier alpha value is -1.30. The van der Waals surface area contributed by atoms with Crippen LogP contribution in [-0.2, 0) is 4.79 Å². The van der Waals surface area contributed by atoms with Crippen LogP contribution >= 0.6 is 35.0 Å². The van der Waals surface area contributed by atoms with E-state index in [0.29, 0.717) is 15.6 Å². The second-order valence-corrected chi connectivity index (χ2v) is 5.85. The first kappa shape index (κ1) is 16.1. The van der Waals surface area contributed by atoms with E-state index < -0.39 is 11.6 Å². The van der Waals surface area contributed by atoms with Crippen LogP contribution in [0.4, 0.5) is 14.5 Å². The van der Waals surface area contributed by atoms with Crippen LogP contribution in [0.15, 0.2) is 41.3 Å². The number of thioether (sulfide) groups is 1. The summed E-state index contributed by atoms with van der Waals surface area (Å²) >= 11 is 12.9. The molecule has 2 rings (SSSR count). The van der Waals surface area contributed by atoms with E-state index in [4.69, 9.17) is 23.2 Å². The summed E-state index contributed by atoms with van der Waals surface area (Å²) in [5, 5.41) is 3.19. The third-order valence-electron chi connectivity index (χ3n) is 2.49. The molecule has 7 heteroatoms. The maximum atomic E-state index is 13.0. The van der Waals surface area contributed by atoms with E-state index in [2.05, 4.69) is 5.32 Å². The van der Waals surface area contributed by atoms with Crippen molar-refractivity contribution in [2.45, 2.75) is 4.90 Å². The molecule has 0 bridgehead atoms. The van der Waals surface area contributed by atoms with Crippen molar-refractivity contribution >= 4 is 46.6 Å². The first-order valence-electron chi connectivity index (χ1n) is 5.79. The van der Waals surface area contributed by atoms with Gasteiger partial charge >= 0.3 is 0 Å². The Bertz CT molecular complexity index is 682. The van der Waals surface area contributed by atoms with Gasteiger partial charge in [0, 0.05) is 4.90 Å². The van der Waals surface area contributed by atoms with Gasteiger partial charge in [0.15, 0.2) is 11.6 Å². The molecule has 0 heterocycles. The molecule has 0 saturated heterocycles. The Kier molecular flexibility index (Phi) is 5.45. The highest BCUT2D eigenvalue weighted by molar-refractivity contribution is 8.00. The van der Waals surface area contributed by atoms with Crippen molar-refractivity contribution in [1.29, 1.82) is 0 Å². The molecule has 2 aromatic carbocycles. The van der Waals surface area contributed by atoms with Crippen molar-refractivity contribution in [2.24, 2.45) is 0 Å². The summed E-state index contributed by atoms with van der Waals surface area (Å²) in [6.45, 7) is 0. The van der Waals surface area contributed by atoms with Gasteiger partial charge in [-0.3, -0.25) is 4.79 Å². The van der Waals surface area contributed by atoms with Gasteiger partial charge in [0.05, 0.1) is 21.5 Å². The molecule has 0 atom stereocenters. The number of carbonyl (C=O) groups excluding carboxylic acids is 1. The Labute approximate surface area is 134 Å². The van der Waals surface area contributed by atoms with Crippen molar-refractivity contribution in [2.75, 3.05) is 11.1 Å². The van der Waals surface area contributed by atoms with E-state index >= 15 is 0 Å². The standard InChI is InChI=1S/C14H9Cl2F2NOS/c15-9-2-1-3-12(14(9)16)19-13(20)7-21-8-4-5-10(17)11(18)6-8/h1-6H,7H2,(H,19,20). The van der Waals surface area contributed by atoms with E-state index in [-0.39, 0.29) is 16.7 Å². The predicted octanol–water partition coefficient (Wildman–Crippen LogP) is 5.00. The fraction of sp³-hybridized carbons (Fsp3) is 0.0714. The van der Waals surface area contributed by atoms with Crippen LogP contribution in [0.5, 0.6) is 0 Å². The number of amides is 1. The van der Waals surface area contributed by atoms with Crippen molar-refractivity contribution in [3.05, 3.63) is 58.1 Å².